The van der Waals surface area contributed by atoms with Gasteiger partial charge in [-0.3, -0.25) is 0 Å². The number of hydrogen-bond donors (Lipinski definition) is 2. The van der Waals surface area contributed by atoms with Gasteiger partial charge in [0.25, 0.3) is 0 Å². The third-order valence-corrected chi connectivity index (χ3v) is 7.24. The third-order valence-electron chi connectivity index (χ3n) is 7.24. The zero-order valence-electron chi connectivity index (χ0n) is 22.0. The summed E-state index contributed by atoms with van der Waals surface area (Å²) in [5.74, 6) is 1.78. The van der Waals surface area contributed by atoms with E-state index in [9.17, 15) is 9.90 Å². The second-order valence-electron chi connectivity index (χ2n) is 9.83. The van der Waals surface area contributed by atoms with Crippen molar-refractivity contribution in [2.75, 3.05) is 6.61 Å². The van der Waals surface area contributed by atoms with Crippen LogP contribution in [0.25, 0.3) is 6.08 Å². The van der Waals surface area contributed by atoms with E-state index in [-0.39, 0.29) is 12.4 Å². The molecule has 0 spiro atoms. The Bertz CT molecular complexity index is 1330. The van der Waals surface area contributed by atoms with Crippen LogP contribution >= 0.6 is 12.4 Å². The Labute approximate surface area is 224 Å². The number of phenols is 1. The van der Waals surface area contributed by atoms with Crippen molar-refractivity contribution in [1.29, 1.82) is 0 Å². The number of phenolic OH excluding ortho intramolecular Hbond substituents is 1. The fraction of sp³-hybridized carbons (Fsp3) is 0.379. The molecule has 2 heterocycles. The lowest BCUT2D eigenvalue weighted by Crippen LogP contribution is -2.38. The van der Waals surface area contributed by atoms with Crippen molar-refractivity contribution in [3.63, 3.8) is 0 Å². The molecule has 0 saturated carbocycles. The predicted molar refractivity (Wildman–Crippen MR) is 146 cm³/mol. The molecule has 7 nitrogen and oxygen atoms in total. The number of aliphatic carboxylic acids is 1. The summed E-state index contributed by atoms with van der Waals surface area (Å²) in [6, 6.07) is 5.81. The summed E-state index contributed by atoms with van der Waals surface area (Å²) in [5.41, 5.74) is 5.14. The van der Waals surface area contributed by atoms with Gasteiger partial charge in [0, 0.05) is 42.6 Å². The zero-order chi connectivity index (χ0) is 26.0. The van der Waals surface area contributed by atoms with Gasteiger partial charge in [-0.2, -0.15) is 0 Å². The molecule has 1 unspecified atom stereocenters. The fourth-order valence-corrected chi connectivity index (χ4v) is 4.72. The normalized spacial score (nSPS) is 16.7. The number of carboxylic acids is 1. The first-order valence-electron chi connectivity index (χ1n) is 12.2. The molecule has 0 radical (unpaired) electrons. The number of benzene rings is 2. The number of aromatic nitrogens is 2. The molecular formula is C29H35ClN2O5. The SMILES string of the molecule is Cc1c(C)c2c(c(C)c1O)CCC(C)(CCOc1cc(Cn3ccnc3C)ccc1/C=C/C(=O)O)O2.Cl. The molecule has 3 aromatic rings. The van der Waals surface area contributed by atoms with E-state index in [2.05, 4.69) is 11.9 Å². The van der Waals surface area contributed by atoms with Crippen LogP contribution < -0.4 is 9.47 Å². The van der Waals surface area contributed by atoms with Gasteiger partial charge in [-0.15, -0.1) is 12.4 Å². The minimum atomic E-state index is -1.01. The van der Waals surface area contributed by atoms with Gasteiger partial charge in [0.15, 0.2) is 0 Å². The molecule has 2 aromatic carbocycles. The highest BCUT2D eigenvalue weighted by molar-refractivity contribution is 5.86. The number of ether oxygens (including phenoxy) is 2. The monoisotopic (exact) mass is 526 g/mol. The van der Waals surface area contributed by atoms with Gasteiger partial charge < -0.3 is 24.3 Å². The molecule has 0 fully saturated rings. The quantitative estimate of drug-likeness (QED) is 0.353. The number of carbonyl (C=O) groups is 1. The van der Waals surface area contributed by atoms with Crippen LogP contribution in [-0.2, 0) is 17.8 Å². The van der Waals surface area contributed by atoms with Crippen molar-refractivity contribution >= 4 is 24.5 Å². The van der Waals surface area contributed by atoms with Crippen molar-refractivity contribution in [2.24, 2.45) is 0 Å². The summed E-state index contributed by atoms with van der Waals surface area (Å²) in [6.45, 7) is 11.0. The molecule has 198 valence electrons. The molecule has 1 atom stereocenters. The van der Waals surface area contributed by atoms with Gasteiger partial charge in [-0.1, -0.05) is 12.1 Å². The first kappa shape index (κ1) is 28.1. The summed E-state index contributed by atoms with van der Waals surface area (Å²) >= 11 is 0. The lowest BCUT2D eigenvalue weighted by Gasteiger charge is -2.38. The Balaban J connectivity index is 0.00000380. The Morgan fingerprint density at radius 1 is 1.22 bits per heavy atom. The first-order valence-corrected chi connectivity index (χ1v) is 12.2. The predicted octanol–water partition coefficient (Wildman–Crippen LogP) is 5.94. The molecule has 2 N–H and O–H groups in total. The summed E-state index contributed by atoms with van der Waals surface area (Å²) in [6.07, 6.45) is 8.69. The van der Waals surface area contributed by atoms with Gasteiger partial charge in [0.05, 0.1) is 6.61 Å². The van der Waals surface area contributed by atoms with E-state index in [4.69, 9.17) is 14.6 Å². The van der Waals surface area contributed by atoms with Gasteiger partial charge in [0.2, 0.25) is 0 Å². The molecule has 0 amide bonds. The summed E-state index contributed by atoms with van der Waals surface area (Å²) in [4.78, 5) is 15.4. The molecule has 1 aromatic heterocycles. The molecule has 0 bridgehead atoms. The minimum absolute atomic E-state index is 0. The van der Waals surface area contributed by atoms with Crippen LogP contribution in [0.1, 0.15) is 59.0 Å². The summed E-state index contributed by atoms with van der Waals surface area (Å²) in [7, 11) is 0. The van der Waals surface area contributed by atoms with Crippen LogP contribution in [0, 0.1) is 27.7 Å². The fourth-order valence-electron chi connectivity index (χ4n) is 4.72. The van der Waals surface area contributed by atoms with Crippen LogP contribution in [0.4, 0.5) is 0 Å². The molecule has 0 aliphatic carbocycles. The molecule has 4 rings (SSSR count). The maximum absolute atomic E-state index is 11.1. The summed E-state index contributed by atoms with van der Waals surface area (Å²) in [5, 5.41) is 19.5. The molecule has 37 heavy (non-hydrogen) atoms. The number of halogens is 1. The van der Waals surface area contributed by atoms with Crippen molar-refractivity contribution in [3.8, 4) is 17.2 Å². The topological polar surface area (TPSA) is 93.8 Å². The molecular weight excluding hydrogens is 492 g/mol. The van der Waals surface area contributed by atoms with Crippen LogP contribution in [0.3, 0.4) is 0 Å². The lowest BCUT2D eigenvalue weighted by molar-refractivity contribution is -0.131. The third kappa shape index (κ3) is 6.10. The Hall–Kier alpha value is -3.45. The standard InChI is InChI=1S/C29H34N2O5.ClH/c1-18-19(2)28-24(20(3)27(18)34)10-11-29(5,36-28)12-15-35-25-16-22(17-31-14-13-30-21(31)4)6-7-23(25)8-9-26(32)33;/h6-9,13-14,16,34H,10-12,15,17H2,1-5H3,(H,32,33);1H/b9-8+;. The van der Waals surface area contributed by atoms with Gasteiger partial charge in [-0.25, -0.2) is 9.78 Å². The maximum atomic E-state index is 11.1. The first-order chi connectivity index (χ1) is 17.1. The van der Waals surface area contributed by atoms with E-state index in [1.54, 1.807) is 12.3 Å². The smallest absolute Gasteiger partial charge is 0.328 e. The zero-order valence-corrected chi connectivity index (χ0v) is 22.8. The molecule has 8 heteroatoms. The van der Waals surface area contributed by atoms with Crippen molar-refractivity contribution in [1.82, 2.24) is 9.55 Å². The van der Waals surface area contributed by atoms with E-state index < -0.39 is 11.6 Å². The van der Waals surface area contributed by atoms with Crippen LogP contribution in [0.5, 0.6) is 17.2 Å². The number of nitrogens with zero attached hydrogens (tertiary/aromatic N) is 2. The van der Waals surface area contributed by atoms with Crippen LogP contribution in [0.2, 0.25) is 0 Å². The largest absolute Gasteiger partial charge is 0.507 e. The van der Waals surface area contributed by atoms with Crippen LogP contribution in [-0.4, -0.2) is 37.9 Å². The van der Waals surface area contributed by atoms with E-state index in [0.29, 0.717) is 36.6 Å². The average Bonchev–Trinajstić information content (AvgIpc) is 3.24. The average molecular weight is 527 g/mol. The number of hydrogen-bond acceptors (Lipinski definition) is 5. The molecule has 0 saturated heterocycles. The lowest BCUT2D eigenvalue weighted by atomic mass is 9.86. The van der Waals surface area contributed by atoms with Gasteiger partial charge in [-0.05, 0) is 81.9 Å². The highest BCUT2D eigenvalue weighted by Gasteiger charge is 2.34. The Morgan fingerprint density at radius 3 is 2.65 bits per heavy atom. The number of carboxylic acid groups (broad SMARTS) is 1. The number of rotatable bonds is 8. The second-order valence-corrected chi connectivity index (χ2v) is 9.83. The minimum Gasteiger partial charge on any atom is -0.507 e. The number of imidazole rings is 1. The van der Waals surface area contributed by atoms with Crippen molar-refractivity contribution in [2.45, 2.75) is 66.0 Å². The van der Waals surface area contributed by atoms with E-state index >= 15 is 0 Å². The van der Waals surface area contributed by atoms with Crippen molar-refractivity contribution < 1.29 is 24.5 Å². The highest BCUT2D eigenvalue weighted by atomic mass is 35.5. The van der Waals surface area contributed by atoms with Gasteiger partial charge >= 0.3 is 5.97 Å². The Morgan fingerprint density at radius 2 is 1.97 bits per heavy atom. The molecule has 1 aliphatic rings. The number of fused-ring (bicyclic) bond motifs is 1. The maximum Gasteiger partial charge on any atom is 0.328 e. The van der Waals surface area contributed by atoms with Gasteiger partial charge in [0.1, 0.15) is 28.7 Å². The van der Waals surface area contributed by atoms with E-state index in [0.717, 1.165) is 58.3 Å². The van der Waals surface area contributed by atoms with Crippen molar-refractivity contribution in [3.05, 3.63) is 75.9 Å². The van der Waals surface area contributed by atoms with Crippen LogP contribution in [0.15, 0.2) is 36.7 Å². The summed E-state index contributed by atoms with van der Waals surface area (Å²) < 4.78 is 14.8. The number of aromatic hydroxyl groups is 1. The van der Waals surface area contributed by atoms with E-state index in [1.807, 2.05) is 56.7 Å². The molecule has 1 aliphatic heterocycles. The highest BCUT2D eigenvalue weighted by Crippen LogP contribution is 2.44. The Kier molecular flexibility index (Phi) is 8.59. The second kappa shape index (κ2) is 11.3. The van der Waals surface area contributed by atoms with E-state index in [1.165, 1.54) is 0 Å². The number of aryl methyl sites for hydroxylation is 1.